The number of halogens is 1. The summed E-state index contributed by atoms with van der Waals surface area (Å²) in [6.07, 6.45) is 1.72. The Morgan fingerprint density at radius 2 is 1.83 bits per heavy atom. The molecule has 2 aromatic carbocycles. The number of ketones is 1. The second kappa shape index (κ2) is 7.89. The number of hydrogen-bond donors (Lipinski definition) is 1. The number of amides is 1. The quantitative estimate of drug-likeness (QED) is 0.668. The van der Waals surface area contributed by atoms with Crippen molar-refractivity contribution in [1.29, 1.82) is 0 Å². The summed E-state index contributed by atoms with van der Waals surface area (Å²) in [6.45, 7) is 3.09. The summed E-state index contributed by atoms with van der Waals surface area (Å²) in [7, 11) is -3.87. The van der Waals surface area contributed by atoms with Crippen LogP contribution in [-0.2, 0) is 9.84 Å². The summed E-state index contributed by atoms with van der Waals surface area (Å²) in [5, 5.41) is 0. The number of rotatable bonds is 2. The van der Waals surface area contributed by atoms with Crippen LogP contribution in [0.1, 0.15) is 46.0 Å². The molecule has 2 aliphatic heterocycles. The van der Waals surface area contributed by atoms with E-state index < -0.39 is 9.84 Å². The number of sulfone groups is 1. The highest BCUT2D eigenvalue weighted by molar-refractivity contribution is 7.91. The molecule has 2 N–H and O–H groups in total. The Morgan fingerprint density at radius 3 is 2.55 bits per heavy atom. The zero-order valence-electron chi connectivity index (χ0n) is 16.0. The predicted octanol–water partition coefficient (Wildman–Crippen LogP) is 2.69. The van der Waals surface area contributed by atoms with Crippen molar-refractivity contribution in [2.75, 3.05) is 13.1 Å². The van der Waals surface area contributed by atoms with Crippen LogP contribution in [0.15, 0.2) is 52.3 Å². The van der Waals surface area contributed by atoms with Crippen LogP contribution in [0.4, 0.5) is 0 Å². The fraction of sp³-hybridized carbons (Fsp3) is 0.333. The lowest BCUT2D eigenvalue weighted by Crippen LogP contribution is -2.49. The van der Waals surface area contributed by atoms with E-state index in [9.17, 15) is 18.0 Å². The molecule has 0 bridgehead atoms. The van der Waals surface area contributed by atoms with E-state index in [-0.39, 0.29) is 56.6 Å². The molecule has 0 radical (unpaired) electrons. The molecule has 2 atom stereocenters. The van der Waals surface area contributed by atoms with Gasteiger partial charge < -0.3 is 10.6 Å². The van der Waals surface area contributed by atoms with Crippen molar-refractivity contribution in [3.05, 3.63) is 59.2 Å². The molecule has 154 valence electrons. The summed E-state index contributed by atoms with van der Waals surface area (Å²) in [5.41, 5.74) is 6.41. The number of fused-ring (bicyclic) bond motifs is 2. The average Bonchev–Trinajstić information content (AvgIpc) is 2.71. The highest BCUT2D eigenvalue weighted by Gasteiger charge is 2.36. The summed E-state index contributed by atoms with van der Waals surface area (Å²) in [5.74, 6) is -0.0895. The van der Waals surface area contributed by atoms with E-state index in [4.69, 9.17) is 5.73 Å². The van der Waals surface area contributed by atoms with Crippen molar-refractivity contribution in [2.24, 2.45) is 11.7 Å². The van der Waals surface area contributed by atoms with E-state index in [0.29, 0.717) is 19.0 Å². The number of benzene rings is 2. The molecule has 4 rings (SSSR count). The minimum atomic E-state index is -3.87. The molecule has 8 heteroatoms. The number of nitrogens with two attached hydrogens (primary N) is 1. The summed E-state index contributed by atoms with van der Waals surface area (Å²) in [4.78, 5) is 27.4. The van der Waals surface area contributed by atoms with Crippen molar-refractivity contribution in [3.8, 4) is 0 Å². The van der Waals surface area contributed by atoms with Gasteiger partial charge in [0.1, 0.15) is 0 Å². The van der Waals surface area contributed by atoms with Crippen LogP contribution < -0.4 is 5.73 Å². The van der Waals surface area contributed by atoms with Crippen LogP contribution in [0.25, 0.3) is 0 Å². The van der Waals surface area contributed by atoms with Crippen molar-refractivity contribution in [3.63, 3.8) is 0 Å². The second-order valence-electron chi connectivity index (χ2n) is 7.56. The molecule has 1 fully saturated rings. The summed E-state index contributed by atoms with van der Waals surface area (Å²) >= 11 is 0. The average molecular weight is 435 g/mol. The summed E-state index contributed by atoms with van der Waals surface area (Å²) < 4.78 is 26.1. The molecule has 2 heterocycles. The number of nitrogens with zero attached hydrogens (tertiary/aromatic N) is 1. The Kier molecular flexibility index (Phi) is 5.85. The Labute approximate surface area is 176 Å². The largest absolute Gasteiger partial charge is 0.334 e. The van der Waals surface area contributed by atoms with Gasteiger partial charge in [0.2, 0.25) is 9.84 Å². The number of carbonyl (C=O) groups is 2. The lowest BCUT2D eigenvalue weighted by atomic mass is 9.91. The molecular formula is C21H23ClN2O4S. The first-order valence-corrected chi connectivity index (χ1v) is 10.9. The fourth-order valence-electron chi connectivity index (χ4n) is 4.13. The van der Waals surface area contributed by atoms with Crippen molar-refractivity contribution < 1.29 is 18.0 Å². The molecule has 0 aromatic heterocycles. The molecule has 2 aromatic rings. The van der Waals surface area contributed by atoms with Gasteiger partial charge in [0, 0.05) is 35.8 Å². The lowest BCUT2D eigenvalue weighted by molar-refractivity contribution is 0.0573. The normalized spacial score (nSPS) is 22.3. The minimum absolute atomic E-state index is 0. The van der Waals surface area contributed by atoms with Crippen LogP contribution >= 0.6 is 12.4 Å². The highest BCUT2D eigenvalue weighted by atomic mass is 35.5. The Hall–Kier alpha value is -2.22. The van der Waals surface area contributed by atoms with Gasteiger partial charge in [0.25, 0.3) is 5.91 Å². The highest BCUT2D eigenvalue weighted by Crippen LogP contribution is 2.35. The predicted molar refractivity (Wildman–Crippen MR) is 111 cm³/mol. The third-order valence-electron chi connectivity index (χ3n) is 5.69. The number of piperidine rings is 1. The molecule has 0 aliphatic carbocycles. The summed E-state index contributed by atoms with van der Waals surface area (Å²) in [6, 6.07) is 10.4. The molecule has 1 saturated heterocycles. The van der Waals surface area contributed by atoms with Gasteiger partial charge in [0.15, 0.2) is 5.78 Å². The van der Waals surface area contributed by atoms with Gasteiger partial charge in [-0.2, -0.15) is 0 Å². The molecule has 2 aliphatic rings. The van der Waals surface area contributed by atoms with Gasteiger partial charge in [-0.3, -0.25) is 9.59 Å². The van der Waals surface area contributed by atoms with Crippen LogP contribution in [0.3, 0.4) is 0 Å². The van der Waals surface area contributed by atoms with Gasteiger partial charge in [-0.15, -0.1) is 12.4 Å². The second-order valence-corrected chi connectivity index (χ2v) is 9.44. The first-order valence-electron chi connectivity index (χ1n) is 9.38. The number of carbonyl (C=O) groups excluding carboxylic acids is 2. The van der Waals surface area contributed by atoms with E-state index in [1.807, 2.05) is 0 Å². The van der Waals surface area contributed by atoms with Gasteiger partial charge in [-0.25, -0.2) is 8.42 Å². The Morgan fingerprint density at radius 1 is 1.14 bits per heavy atom. The zero-order chi connectivity index (χ0) is 20.1. The standard InChI is InChI=1S/C21H22N2O4S.ClH/c1-13-8-9-23(15(10-13)12-22)21(25)14-6-7-17-19(11-14)28(26,27)18-5-3-2-4-16(18)20(17)24;/h2-7,11,13,15H,8-10,12,22H2,1H3;1H. The first kappa shape index (κ1) is 21.5. The number of hydrogen-bond acceptors (Lipinski definition) is 5. The maximum absolute atomic E-state index is 13.1. The molecule has 6 nitrogen and oxygen atoms in total. The van der Waals surface area contributed by atoms with Gasteiger partial charge in [-0.1, -0.05) is 19.1 Å². The van der Waals surface area contributed by atoms with Crippen molar-refractivity contribution >= 4 is 33.9 Å². The molecule has 29 heavy (non-hydrogen) atoms. The molecule has 1 amide bonds. The lowest BCUT2D eigenvalue weighted by Gasteiger charge is -2.38. The van der Waals surface area contributed by atoms with Gasteiger partial charge in [-0.05, 0) is 49.1 Å². The van der Waals surface area contributed by atoms with E-state index in [1.165, 1.54) is 30.3 Å². The van der Waals surface area contributed by atoms with E-state index in [2.05, 4.69) is 6.92 Å². The first-order chi connectivity index (χ1) is 13.3. The van der Waals surface area contributed by atoms with Crippen LogP contribution in [0.2, 0.25) is 0 Å². The smallest absolute Gasteiger partial charge is 0.254 e. The van der Waals surface area contributed by atoms with Crippen LogP contribution in [-0.4, -0.2) is 44.1 Å². The third-order valence-corrected chi connectivity index (χ3v) is 7.55. The van der Waals surface area contributed by atoms with Gasteiger partial charge in [0.05, 0.1) is 9.79 Å². The SMILES string of the molecule is CC1CCN(C(=O)c2ccc3c(c2)S(=O)(=O)c2ccccc2C3=O)C(CN)C1.Cl. The van der Waals surface area contributed by atoms with Crippen LogP contribution in [0.5, 0.6) is 0 Å². The molecule has 2 unspecified atom stereocenters. The Bertz CT molecular complexity index is 1080. The maximum Gasteiger partial charge on any atom is 0.254 e. The monoisotopic (exact) mass is 434 g/mol. The maximum atomic E-state index is 13.1. The number of likely N-dealkylation sites (tertiary alicyclic amines) is 1. The molecule has 0 spiro atoms. The van der Waals surface area contributed by atoms with Gasteiger partial charge >= 0.3 is 0 Å². The van der Waals surface area contributed by atoms with Crippen molar-refractivity contribution in [1.82, 2.24) is 4.90 Å². The third kappa shape index (κ3) is 3.47. The molecule has 0 saturated carbocycles. The molecular weight excluding hydrogens is 412 g/mol. The van der Waals surface area contributed by atoms with E-state index >= 15 is 0 Å². The van der Waals surface area contributed by atoms with Crippen molar-refractivity contribution in [2.45, 2.75) is 35.6 Å². The zero-order valence-corrected chi connectivity index (χ0v) is 17.6. The van der Waals surface area contributed by atoms with Crippen LogP contribution in [0, 0.1) is 5.92 Å². The minimum Gasteiger partial charge on any atom is -0.334 e. The Balaban J connectivity index is 0.00000240. The van der Waals surface area contributed by atoms with E-state index in [0.717, 1.165) is 12.8 Å². The fourth-order valence-corrected chi connectivity index (χ4v) is 5.80. The topological polar surface area (TPSA) is 97.5 Å². The van der Waals surface area contributed by atoms with E-state index in [1.54, 1.807) is 17.0 Å².